The van der Waals surface area contributed by atoms with E-state index in [1.807, 2.05) is 24.5 Å². The van der Waals surface area contributed by atoms with E-state index in [2.05, 4.69) is 37.8 Å². The predicted octanol–water partition coefficient (Wildman–Crippen LogP) is 1.82. The molecule has 2 aliphatic heterocycles. The number of methoxy groups -OCH3 is 1. The Balaban J connectivity index is 1.39. The summed E-state index contributed by atoms with van der Waals surface area (Å²) in [5, 5.41) is 0. The number of likely N-dealkylation sites (N-methyl/N-ethyl adjacent to an activating group) is 1. The van der Waals surface area contributed by atoms with E-state index in [1.54, 1.807) is 7.11 Å². The topological polar surface area (TPSA) is 66.9 Å². The number of ether oxygens (including phenoxy) is 2. The average Bonchev–Trinajstić information content (AvgIpc) is 2.80. The van der Waals surface area contributed by atoms with E-state index in [4.69, 9.17) is 14.5 Å². The number of piperidine rings is 1. The molecule has 4 rings (SSSR count). The summed E-state index contributed by atoms with van der Waals surface area (Å²) in [5.41, 5.74) is 1.21. The first-order valence-corrected chi connectivity index (χ1v) is 10.3. The van der Waals surface area contributed by atoms with Gasteiger partial charge in [-0.25, -0.2) is 9.97 Å². The highest BCUT2D eigenvalue weighted by molar-refractivity contribution is 5.44. The van der Waals surface area contributed by atoms with Crippen LogP contribution in [0, 0.1) is 0 Å². The Morgan fingerprint density at radius 3 is 2.79 bits per heavy atom. The fraction of sp³-hybridized carbons (Fsp3) is 0.571. The second kappa shape index (κ2) is 9.37. The normalized spacial score (nSPS) is 20.5. The van der Waals surface area contributed by atoms with Gasteiger partial charge < -0.3 is 19.3 Å². The first kappa shape index (κ1) is 19.8. The van der Waals surface area contributed by atoms with Crippen LogP contribution < -0.4 is 14.5 Å². The van der Waals surface area contributed by atoms with Crippen molar-refractivity contribution in [3.05, 3.63) is 36.2 Å². The van der Waals surface area contributed by atoms with Gasteiger partial charge >= 0.3 is 0 Å². The number of nitrogens with zero attached hydrogens (tertiary/aromatic N) is 6. The van der Waals surface area contributed by atoms with Crippen LogP contribution in [0.15, 0.2) is 30.6 Å². The maximum atomic E-state index is 5.46. The second-order valence-electron chi connectivity index (χ2n) is 7.67. The molecule has 0 aliphatic carbocycles. The molecular formula is C21H30N6O2. The summed E-state index contributed by atoms with van der Waals surface area (Å²) < 4.78 is 10.6. The number of hydrogen-bond donors (Lipinski definition) is 0. The van der Waals surface area contributed by atoms with Crippen LogP contribution >= 0.6 is 0 Å². The number of aromatic nitrogens is 3. The molecule has 0 amide bonds. The zero-order valence-electron chi connectivity index (χ0n) is 17.3. The maximum Gasteiger partial charge on any atom is 0.227 e. The van der Waals surface area contributed by atoms with Crippen LogP contribution in [0.4, 0.5) is 11.8 Å². The van der Waals surface area contributed by atoms with Crippen molar-refractivity contribution in [3.63, 3.8) is 0 Å². The summed E-state index contributed by atoms with van der Waals surface area (Å²) in [4.78, 5) is 20.7. The van der Waals surface area contributed by atoms with Crippen LogP contribution in [0.25, 0.3) is 0 Å². The summed E-state index contributed by atoms with van der Waals surface area (Å²) in [7, 11) is 3.75. The van der Waals surface area contributed by atoms with Gasteiger partial charge in [0.1, 0.15) is 5.82 Å². The first-order valence-electron chi connectivity index (χ1n) is 10.3. The molecule has 0 radical (unpaired) electrons. The van der Waals surface area contributed by atoms with E-state index >= 15 is 0 Å². The van der Waals surface area contributed by atoms with Crippen LogP contribution in [0.2, 0.25) is 0 Å². The molecule has 0 N–H and O–H groups in total. The van der Waals surface area contributed by atoms with E-state index in [-0.39, 0.29) is 0 Å². The minimum Gasteiger partial charge on any atom is -0.481 e. The molecule has 8 nitrogen and oxygen atoms in total. The molecule has 1 unspecified atom stereocenters. The Morgan fingerprint density at radius 2 is 2.03 bits per heavy atom. The zero-order chi connectivity index (χ0) is 20.1. The van der Waals surface area contributed by atoms with Crippen molar-refractivity contribution in [2.24, 2.45) is 0 Å². The molecular weight excluding hydrogens is 368 g/mol. The van der Waals surface area contributed by atoms with Gasteiger partial charge in [0.05, 0.1) is 20.3 Å². The molecule has 156 valence electrons. The van der Waals surface area contributed by atoms with Gasteiger partial charge in [-0.2, -0.15) is 4.98 Å². The molecule has 0 bridgehead atoms. The third-order valence-electron chi connectivity index (χ3n) is 5.72. The largest absolute Gasteiger partial charge is 0.481 e. The Morgan fingerprint density at radius 1 is 1.17 bits per heavy atom. The van der Waals surface area contributed by atoms with Crippen LogP contribution in [-0.2, 0) is 11.3 Å². The molecule has 29 heavy (non-hydrogen) atoms. The van der Waals surface area contributed by atoms with Gasteiger partial charge in [-0.1, -0.05) is 6.07 Å². The SMILES string of the molecule is COc1ccc(CN2CCCC(N(C)c3nccc(N4CCOCC4)n3)C2)cn1. The van der Waals surface area contributed by atoms with Crippen LogP contribution in [0.1, 0.15) is 18.4 Å². The summed E-state index contributed by atoms with van der Waals surface area (Å²) in [5.74, 6) is 2.44. The average molecular weight is 399 g/mol. The number of morpholine rings is 1. The molecule has 2 aromatic rings. The highest BCUT2D eigenvalue weighted by atomic mass is 16.5. The molecule has 2 aliphatic rings. The molecule has 2 fully saturated rings. The number of rotatable bonds is 6. The van der Waals surface area contributed by atoms with Gasteiger partial charge in [0.25, 0.3) is 0 Å². The van der Waals surface area contributed by atoms with Crippen molar-refractivity contribution in [2.75, 3.05) is 63.4 Å². The van der Waals surface area contributed by atoms with Crippen molar-refractivity contribution < 1.29 is 9.47 Å². The Bertz CT molecular complexity index is 781. The molecule has 0 spiro atoms. The standard InChI is InChI=1S/C21H30N6O2/c1-25(21-22-8-7-19(24-21)27-10-12-29-13-11-27)18-4-3-9-26(16-18)15-17-5-6-20(28-2)23-14-17/h5-8,14,18H,3-4,9-13,15-16H2,1-2H3. The zero-order valence-corrected chi connectivity index (χ0v) is 17.3. The third-order valence-corrected chi connectivity index (χ3v) is 5.72. The maximum absolute atomic E-state index is 5.46. The van der Waals surface area contributed by atoms with E-state index in [0.717, 1.165) is 64.1 Å². The van der Waals surface area contributed by atoms with Gasteiger partial charge in [-0.3, -0.25) is 4.90 Å². The minimum absolute atomic E-state index is 0.398. The first-order chi connectivity index (χ1) is 14.2. The predicted molar refractivity (Wildman–Crippen MR) is 113 cm³/mol. The van der Waals surface area contributed by atoms with Crippen LogP contribution in [-0.4, -0.2) is 79.4 Å². The van der Waals surface area contributed by atoms with Gasteiger partial charge in [0, 0.05) is 57.7 Å². The second-order valence-corrected chi connectivity index (χ2v) is 7.67. The summed E-state index contributed by atoms with van der Waals surface area (Å²) in [6.07, 6.45) is 6.09. The minimum atomic E-state index is 0.398. The van der Waals surface area contributed by atoms with Crippen molar-refractivity contribution >= 4 is 11.8 Å². The highest BCUT2D eigenvalue weighted by Gasteiger charge is 2.25. The van der Waals surface area contributed by atoms with Crippen molar-refractivity contribution in [2.45, 2.75) is 25.4 Å². The smallest absolute Gasteiger partial charge is 0.227 e. The molecule has 2 aromatic heterocycles. The lowest BCUT2D eigenvalue weighted by Crippen LogP contribution is -2.47. The van der Waals surface area contributed by atoms with Gasteiger partial charge in [-0.15, -0.1) is 0 Å². The van der Waals surface area contributed by atoms with Gasteiger partial charge in [0.15, 0.2) is 0 Å². The van der Waals surface area contributed by atoms with E-state index in [9.17, 15) is 0 Å². The van der Waals surface area contributed by atoms with E-state index in [1.165, 1.54) is 12.0 Å². The molecule has 1 atom stereocenters. The number of anilines is 2. The van der Waals surface area contributed by atoms with Crippen LogP contribution in [0.3, 0.4) is 0 Å². The van der Waals surface area contributed by atoms with Gasteiger partial charge in [0.2, 0.25) is 11.8 Å². The molecule has 0 saturated carbocycles. The van der Waals surface area contributed by atoms with E-state index < -0.39 is 0 Å². The third kappa shape index (κ3) is 4.94. The molecule has 4 heterocycles. The Kier molecular flexibility index (Phi) is 6.41. The summed E-state index contributed by atoms with van der Waals surface area (Å²) in [6.45, 7) is 6.27. The lowest BCUT2D eigenvalue weighted by Gasteiger charge is -2.38. The van der Waals surface area contributed by atoms with Crippen LogP contribution in [0.5, 0.6) is 5.88 Å². The van der Waals surface area contributed by atoms with Gasteiger partial charge in [-0.05, 0) is 31.0 Å². The fourth-order valence-electron chi connectivity index (χ4n) is 4.02. The monoisotopic (exact) mass is 398 g/mol. The molecule has 2 saturated heterocycles. The molecule has 8 heteroatoms. The van der Waals surface area contributed by atoms with Crippen molar-refractivity contribution in [1.82, 2.24) is 19.9 Å². The highest BCUT2D eigenvalue weighted by Crippen LogP contribution is 2.22. The summed E-state index contributed by atoms with van der Waals surface area (Å²) in [6, 6.07) is 6.41. The lowest BCUT2D eigenvalue weighted by atomic mass is 10.0. The number of hydrogen-bond acceptors (Lipinski definition) is 8. The quantitative estimate of drug-likeness (QED) is 0.730. The van der Waals surface area contributed by atoms with Crippen molar-refractivity contribution in [3.8, 4) is 5.88 Å². The Labute approximate surface area is 172 Å². The number of likely N-dealkylation sites (tertiary alicyclic amines) is 1. The van der Waals surface area contributed by atoms with Crippen molar-refractivity contribution in [1.29, 1.82) is 0 Å². The van der Waals surface area contributed by atoms with E-state index in [0.29, 0.717) is 11.9 Å². The fourth-order valence-corrected chi connectivity index (χ4v) is 4.02. The summed E-state index contributed by atoms with van der Waals surface area (Å²) >= 11 is 0. The number of pyridine rings is 1. The molecule has 0 aromatic carbocycles. The lowest BCUT2D eigenvalue weighted by molar-refractivity contribution is 0.122. The Hall–Kier alpha value is -2.45.